The largest absolute Gasteiger partial charge is 0.457 e. The molecule has 0 aromatic rings. The zero-order chi connectivity index (χ0) is 34.1. The lowest BCUT2D eigenvalue weighted by molar-refractivity contribution is -0.154. The fourth-order valence-corrected chi connectivity index (χ4v) is 4.66. The molecule has 0 aromatic heterocycles. The average molecular weight is 651 g/mol. The Balaban J connectivity index is 3.58. The van der Waals surface area contributed by atoms with E-state index in [1.54, 1.807) is 0 Å². The number of aliphatic hydroxyl groups excluding tert-OH is 1. The van der Waals surface area contributed by atoms with Crippen LogP contribution in [0.25, 0.3) is 0 Å². The second-order valence-corrected chi connectivity index (χ2v) is 11.9. The monoisotopic (exact) mass is 651 g/mol. The lowest BCUT2D eigenvalue weighted by Gasteiger charge is -2.15. The highest BCUT2D eigenvalue weighted by molar-refractivity contribution is 5.69. The lowest BCUT2D eigenvalue weighted by atomic mass is 10.1. The van der Waals surface area contributed by atoms with Gasteiger partial charge in [0.15, 0.2) is 0 Å². The molecule has 4 heteroatoms. The summed E-state index contributed by atoms with van der Waals surface area (Å²) in [6.45, 7) is 5.03. The summed E-state index contributed by atoms with van der Waals surface area (Å²) in [6.07, 6.45) is 55.9. The number of hydrogen-bond acceptors (Lipinski definition) is 4. The van der Waals surface area contributed by atoms with E-state index >= 15 is 0 Å². The molecule has 0 saturated carbocycles. The second kappa shape index (κ2) is 39.5. The number of ether oxygens (including phenoxy) is 2. The Morgan fingerprint density at radius 2 is 0.894 bits per heavy atom. The molecule has 0 aliphatic heterocycles. The third-order valence-electron chi connectivity index (χ3n) is 7.40. The van der Waals surface area contributed by atoms with E-state index in [0.29, 0.717) is 13.0 Å². The van der Waals surface area contributed by atoms with Crippen LogP contribution >= 0.6 is 0 Å². The molecule has 0 bridgehead atoms. The minimum Gasteiger partial charge on any atom is -0.457 e. The van der Waals surface area contributed by atoms with Crippen molar-refractivity contribution in [2.75, 3.05) is 19.8 Å². The van der Waals surface area contributed by atoms with Gasteiger partial charge in [0.2, 0.25) is 0 Å². The number of hydrogen-bond donors (Lipinski definition) is 1. The first-order chi connectivity index (χ1) is 23.2. The Morgan fingerprint density at radius 3 is 1.34 bits per heavy atom. The van der Waals surface area contributed by atoms with Gasteiger partial charge in [-0.3, -0.25) is 4.79 Å². The molecule has 0 heterocycles. The second-order valence-electron chi connectivity index (χ2n) is 11.9. The van der Waals surface area contributed by atoms with Crippen molar-refractivity contribution >= 4 is 5.97 Å². The van der Waals surface area contributed by atoms with Crippen molar-refractivity contribution in [3.8, 4) is 0 Å². The topological polar surface area (TPSA) is 55.8 Å². The van der Waals surface area contributed by atoms with Crippen LogP contribution in [0, 0.1) is 0 Å². The number of esters is 1. The van der Waals surface area contributed by atoms with Gasteiger partial charge in [-0.15, -0.1) is 0 Å². The van der Waals surface area contributed by atoms with Crippen molar-refractivity contribution in [1.82, 2.24) is 0 Å². The molecule has 0 saturated heterocycles. The van der Waals surface area contributed by atoms with E-state index in [2.05, 4.69) is 111 Å². The van der Waals surface area contributed by atoms with Crippen molar-refractivity contribution in [2.24, 2.45) is 0 Å². The van der Waals surface area contributed by atoms with Gasteiger partial charge >= 0.3 is 5.97 Å². The van der Waals surface area contributed by atoms with E-state index in [0.717, 1.165) is 103 Å². The molecule has 0 rings (SSSR count). The molecule has 0 aliphatic carbocycles. The molecule has 1 N–H and O–H groups in total. The maximum Gasteiger partial charge on any atom is 0.306 e. The van der Waals surface area contributed by atoms with Gasteiger partial charge in [-0.25, -0.2) is 0 Å². The molecule has 1 atom stereocenters. The van der Waals surface area contributed by atoms with Crippen LogP contribution in [0.2, 0.25) is 0 Å². The summed E-state index contributed by atoms with van der Waals surface area (Å²) in [7, 11) is 0. The number of allylic oxidation sites excluding steroid dienone is 16. The van der Waals surface area contributed by atoms with Crippen molar-refractivity contribution in [3.63, 3.8) is 0 Å². The SMILES string of the molecule is CC/C=C\C/C=C\C/C=C\C/C=C\CCCCCCCOCC(CO)OC(=O)CCCCCC/C=C\C/C=C\C/C=C\C/C=C\CC. The van der Waals surface area contributed by atoms with Gasteiger partial charge in [0.1, 0.15) is 6.10 Å². The molecule has 1 unspecified atom stereocenters. The van der Waals surface area contributed by atoms with Gasteiger partial charge in [-0.05, 0) is 89.9 Å². The van der Waals surface area contributed by atoms with Crippen LogP contribution in [-0.4, -0.2) is 37.0 Å². The summed E-state index contributed by atoms with van der Waals surface area (Å²) in [5.41, 5.74) is 0. The summed E-state index contributed by atoms with van der Waals surface area (Å²) >= 11 is 0. The van der Waals surface area contributed by atoms with Crippen molar-refractivity contribution in [2.45, 2.75) is 148 Å². The van der Waals surface area contributed by atoms with Crippen molar-refractivity contribution < 1.29 is 19.4 Å². The van der Waals surface area contributed by atoms with Gasteiger partial charge in [-0.1, -0.05) is 143 Å². The maximum atomic E-state index is 12.2. The average Bonchev–Trinajstić information content (AvgIpc) is 3.08. The number of carbonyl (C=O) groups is 1. The summed E-state index contributed by atoms with van der Waals surface area (Å²) in [5.74, 6) is -0.236. The van der Waals surface area contributed by atoms with Crippen LogP contribution in [0.15, 0.2) is 97.2 Å². The maximum absolute atomic E-state index is 12.2. The normalized spacial score (nSPS) is 13.5. The zero-order valence-corrected chi connectivity index (χ0v) is 30.3. The molecule has 4 nitrogen and oxygen atoms in total. The lowest BCUT2D eigenvalue weighted by Crippen LogP contribution is -2.27. The molecule has 0 aliphatic rings. The molecule has 0 fully saturated rings. The Bertz CT molecular complexity index is 903. The minimum absolute atomic E-state index is 0.197. The van der Waals surface area contributed by atoms with Gasteiger partial charge in [0.25, 0.3) is 0 Å². The third-order valence-corrected chi connectivity index (χ3v) is 7.40. The summed E-state index contributed by atoms with van der Waals surface area (Å²) in [5, 5.41) is 9.57. The summed E-state index contributed by atoms with van der Waals surface area (Å²) in [6, 6.07) is 0. The first kappa shape index (κ1) is 44.3. The molecular formula is C43H70O4. The van der Waals surface area contributed by atoms with Gasteiger partial charge in [-0.2, -0.15) is 0 Å². The first-order valence-corrected chi connectivity index (χ1v) is 18.8. The number of rotatable bonds is 33. The summed E-state index contributed by atoms with van der Waals surface area (Å²) < 4.78 is 11.1. The molecule has 47 heavy (non-hydrogen) atoms. The van der Waals surface area contributed by atoms with Crippen LogP contribution in [-0.2, 0) is 14.3 Å². The predicted octanol–water partition coefficient (Wildman–Crippen LogP) is 12.2. The van der Waals surface area contributed by atoms with Gasteiger partial charge in [0, 0.05) is 13.0 Å². The Labute approximate surface area is 290 Å². The van der Waals surface area contributed by atoms with Crippen molar-refractivity contribution in [3.05, 3.63) is 97.2 Å². The van der Waals surface area contributed by atoms with Crippen LogP contribution in [0.4, 0.5) is 0 Å². The van der Waals surface area contributed by atoms with E-state index < -0.39 is 6.10 Å². The molecular weight excluding hydrogens is 580 g/mol. The van der Waals surface area contributed by atoms with Crippen LogP contribution in [0.1, 0.15) is 142 Å². The highest BCUT2D eigenvalue weighted by Gasteiger charge is 2.13. The Kier molecular flexibility index (Phi) is 37.2. The van der Waals surface area contributed by atoms with Gasteiger partial charge in [0.05, 0.1) is 13.2 Å². The standard InChI is InChI=1S/C43H70O4/c1-3-5-7-9-11-13-15-17-19-21-23-25-27-29-31-33-35-37-39-46-41-42(40-44)47-43(45)38-36-34-32-30-28-26-24-22-20-18-16-14-12-10-8-6-4-2/h5-8,11-14,17-20,23-26,42,44H,3-4,9-10,15-16,21-22,27-41H2,1-2H3/b7-5-,8-6-,13-11-,14-12-,19-17-,20-18-,25-23-,26-24-. The predicted molar refractivity (Wildman–Crippen MR) is 205 cm³/mol. The van der Waals surface area contributed by atoms with E-state index in [9.17, 15) is 9.90 Å². The fourth-order valence-electron chi connectivity index (χ4n) is 4.66. The highest BCUT2D eigenvalue weighted by Crippen LogP contribution is 2.09. The molecule has 0 amide bonds. The van der Waals surface area contributed by atoms with Crippen LogP contribution < -0.4 is 0 Å². The highest BCUT2D eigenvalue weighted by atomic mass is 16.6. The van der Waals surface area contributed by atoms with Crippen LogP contribution in [0.5, 0.6) is 0 Å². The van der Waals surface area contributed by atoms with Crippen LogP contribution in [0.3, 0.4) is 0 Å². The van der Waals surface area contributed by atoms with Gasteiger partial charge < -0.3 is 14.6 Å². The molecule has 0 aromatic carbocycles. The first-order valence-electron chi connectivity index (χ1n) is 18.8. The van der Waals surface area contributed by atoms with E-state index in [1.807, 2.05) is 0 Å². The van der Waals surface area contributed by atoms with Crippen molar-refractivity contribution in [1.29, 1.82) is 0 Å². The third kappa shape index (κ3) is 37.6. The minimum atomic E-state index is -0.563. The molecule has 266 valence electrons. The zero-order valence-electron chi connectivity index (χ0n) is 30.3. The summed E-state index contributed by atoms with van der Waals surface area (Å²) in [4.78, 5) is 12.2. The smallest absolute Gasteiger partial charge is 0.306 e. The molecule has 0 spiro atoms. The van der Waals surface area contributed by atoms with E-state index in [1.165, 1.54) is 19.3 Å². The Morgan fingerprint density at radius 1 is 0.511 bits per heavy atom. The van der Waals surface area contributed by atoms with E-state index in [-0.39, 0.29) is 19.2 Å². The molecule has 0 radical (unpaired) electrons. The Hall–Kier alpha value is -2.69. The number of aliphatic hydroxyl groups is 1. The number of carbonyl (C=O) groups excluding carboxylic acids is 1. The quantitative estimate of drug-likeness (QED) is 0.0436. The fraction of sp³-hybridized carbons (Fsp3) is 0.605. The number of unbranched alkanes of at least 4 members (excludes halogenated alkanes) is 9. The van der Waals surface area contributed by atoms with E-state index in [4.69, 9.17) is 9.47 Å².